The van der Waals surface area contributed by atoms with Crippen molar-refractivity contribution in [2.24, 2.45) is 0 Å². The Bertz CT molecular complexity index is 186. The fourth-order valence-electron chi connectivity index (χ4n) is 1.19. The molecular formula is C11H24N2O3. The molecule has 0 bridgehead atoms. The van der Waals surface area contributed by atoms with Crippen molar-refractivity contribution in [1.82, 2.24) is 10.6 Å². The number of amides is 1. The van der Waals surface area contributed by atoms with Gasteiger partial charge in [-0.2, -0.15) is 0 Å². The molecule has 0 aromatic carbocycles. The van der Waals surface area contributed by atoms with Crippen molar-refractivity contribution in [1.29, 1.82) is 0 Å². The van der Waals surface area contributed by atoms with Gasteiger partial charge in [-0.05, 0) is 20.8 Å². The molecule has 5 heteroatoms. The van der Waals surface area contributed by atoms with Crippen molar-refractivity contribution in [3.8, 4) is 0 Å². The first-order chi connectivity index (χ1) is 7.56. The lowest BCUT2D eigenvalue weighted by Gasteiger charge is -2.13. The largest absolute Gasteiger partial charge is 0.383 e. The predicted molar refractivity (Wildman–Crippen MR) is 63.4 cm³/mol. The van der Waals surface area contributed by atoms with Crippen LogP contribution in [0.1, 0.15) is 20.8 Å². The van der Waals surface area contributed by atoms with E-state index in [1.807, 2.05) is 20.8 Å². The standard InChI is InChI=1S/C11H24N2O3/c1-9(2)16-6-5-12-7-11(14)13-10(3)8-15-4/h9-10,12H,5-8H2,1-4H3,(H,13,14). The zero-order chi connectivity index (χ0) is 12.4. The summed E-state index contributed by atoms with van der Waals surface area (Å²) < 4.78 is 10.2. The van der Waals surface area contributed by atoms with Gasteiger partial charge >= 0.3 is 0 Å². The molecule has 0 spiro atoms. The average molecular weight is 232 g/mol. The number of hydrogen-bond acceptors (Lipinski definition) is 4. The molecule has 1 amide bonds. The van der Waals surface area contributed by atoms with E-state index in [9.17, 15) is 4.79 Å². The summed E-state index contributed by atoms with van der Waals surface area (Å²) in [5.74, 6) is -0.0194. The van der Waals surface area contributed by atoms with Gasteiger partial charge in [-0.25, -0.2) is 0 Å². The third kappa shape index (κ3) is 9.89. The van der Waals surface area contributed by atoms with Crippen LogP contribution >= 0.6 is 0 Å². The number of carbonyl (C=O) groups excluding carboxylic acids is 1. The third-order valence-corrected chi connectivity index (χ3v) is 1.84. The Morgan fingerprint density at radius 3 is 2.56 bits per heavy atom. The van der Waals surface area contributed by atoms with Crippen LogP contribution in [-0.2, 0) is 14.3 Å². The highest BCUT2D eigenvalue weighted by Gasteiger charge is 2.05. The summed E-state index contributed by atoms with van der Waals surface area (Å²) in [6.07, 6.45) is 0.234. The van der Waals surface area contributed by atoms with E-state index in [4.69, 9.17) is 9.47 Å². The van der Waals surface area contributed by atoms with Gasteiger partial charge in [0.15, 0.2) is 0 Å². The van der Waals surface area contributed by atoms with E-state index in [1.54, 1.807) is 7.11 Å². The van der Waals surface area contributed by atoms with Crippen LogP contribution < -0.4 is 10.6 Å². The average Bonchev–Trinajstić information content (AvgIpc) is 2.16. The number of hydrogen-bond donors (Lipinski definition) is 2. The van der Waals surface area contributed by atoms with Gasteiger partial charge < -0.3 is 20.1 Å². The zero-order valence-electron chi connectivity index (χ0n) is 10.7. The van der Waals surface area contributed by atoms with E-state index >= 15 is 0 Å². The van der Waals surface area contributed by atoms with Gasteiger partial charge in [0, 0.05) is 19.7 Å². The lowest BCUT2D eigenvalue weighted by Crippen LogP contribution is -2.41. The van der Waals surface area contributed by atoms with Crippen LogP contribution in [0.2, 0.25) is 0 Å². The van der Waals surface area contributed by atoms with Gasteiger partial charge in [-0.1, -0.05) is 0 Å². The molecule has 0 rings (SSSR count). The first-order valence-electron chi connectivity index (χ1n) is 5.67. The summed E-state index contributed by atoms with van der Waals surface area (Å²) in [5.41, 5.74) is 0. The fraction of sp³-hybridized carbons (Fsp3) is 0.909. The topological polar surface area (TPSA) is 59.6 Å². The van der Waals surface area contributed by atoms with Crippen molar-refractivity contribution in [3.05, 3.63) is 0 Å². The lowest BCUT2D eigenvalue weighted by molar-refractivity contribution is -0.121. The fourth-order valence-corrected chi connectivity index (χ4v) is 1.19. The first kappa shape index (κ1) is 15.3. The molecule has 1 atom stereocenters. The molecule has 0 radical (unpaired) electrons. The van der Waals surface area contributed by atoms with Crippen LogP contribution in [0, 0.1) is 0 Å². The van der Waals surface area contributed by atoms with Crippen molar-refractivity contribution < 1.29 is 14.3 Å². The summed E-state index contributed by atoms with van der Waals surface area (Å²) in [6.45, 7) is 8.03. The van der Waals surface area contributed by atoms with Crippen LogP contribution in [0.25, 0.3) is 0 Å². The van der Waals surface area contributed by atoms with Crippen LogP contribution in [0.3, 0.4) is 0 Å². The molecule has 0 aliphatic heterocycles. The summed E-state index contributed by atoms with van der Waals surface area (Å²) in [6, 6.07) is 0.0474. The van der Waals surface area contributed by atoms with E-state index in [1.165, 1.54) is 0 Å². The maximum absolute atomic E-state index is 11.4. The summed E-state index contributed by atoms with van der Waals surface area (Å²) in [4.78, 5) is 11.4. The third-order valence-electron chi connectivity index (χ3n) is 1.84. The molecule has 0 aliphatic rings. The highest BCUT2D eigenvalue weighted by atomic mass is 16.5. The molecule has 5 nitrogen and oxygen atoms in total. The van der Waals surface area contributed by atoms with E-state index in [-0.39, 0.29) is 18.1 Å². The van der Waals surface area contributed by atoms with Crippen molar-refractivity contribution in [2.45, 2.75) is 32.9 Å². The molecule has 0 saturated heterocycles. The van der Waals surface area contributed by atoms with Gasteiger partial charge in [-0.15, -0.1) is 0 Å². The quantitative estimate of drug-likeness (QED) is 0.556. The molecule has 0 aromatic heterocycles. The first-order valence-corrected chi connectivity index (χ1v) is 5.67. The Balaban J connectivity index is 3.36. The molecule has 0 heterocycles. The van der Waals surface area contributed by atoms with Gasteiger partial charge in [-0.3, -0.25) is 4.79 Å². The highest BCUT2D eigenvalue weighted by Crippen LogP contribution is 1.85. The molecule has 0 fully saturated rings. The van der Waals surface area contributed by atoms with Crippen LogP contribution in [0.15, 0.2) is 0 Å². The van der Waals surface area contributed by atoms with Gasteiger partial charge in [0.2, 0.25) is 5.91 Å². The smallest absolute Gasteiger partial charge is 0.234 e. The number of methoxy groups -OCH3 is 1. The molecular weight excluding hydrogens is 208 g/mol. The van der Waals surface area contributed by atoms with E-state index in [0.717, 1.165) is 0 Å². The van der Waals surface area contributed by atoms with Crippen molar-refractivity contribution >= 4 is 5.91 Å². The van der Waals surface area contributed by atoms with E-state index < -0.39 is 0 Å². The van der Waals surface area contributed by atoms with Crippen molar-refractivity contribution in [2.75, 3.05) is 33.4 Å². The van der Waals surface area contributed by atoms with Crippen LogP contribution in [0.4, 0.5) is 0 Å². The second-order valence-electron chi connectivity index (χ2n) is 4.02. The number of ether oxygens (including phenoxy) is 2. The molecule has 2 N–H and O–H groups in total. The number of nitrogens with one attached hydrogen (secondary N) is 2. The summed E-state index contributed by atoms with van der Waals surface area (Å²) in [5, 5.41) is 5.82. The lowest BCUT2D eigenvalue weighted by atomic mass is 10.3. The zero-order valence-corrected chi connectivity index (χ0v) is 10.7. The Kier molecular flexibility index (Phi) is 9.18. The Morgan fingerprint density at radius 1 is 1.31 bits per heavy atom. The van der Waals surface area contributed by atoms with E-state index in [2.05, 4.69) is 10.6 Å². The molecule has 0 saturated carbocycles. The second kappa shape index (κ2) is 9.57. The SMILES string of the molecule is COCC(C)NC(=O)CNCCOC(C)C. The van der Waals surface area contributed by atoms with Gasteiger partial charge in [0.05, 0.1) is 25.9 Å². The van der Waals surface area contributed by atoms with Crippen LogP contribution in [0.5, 0.6) is 0 Å². The predicted octanol–water partition coefficient (Wildman–Crippen LogP) is 0.152. The summed E-state index contributed by atoms with van der Waals surface area (Å²) in [7, 11) is 1.62. The maximum Gasteiger partial charge on any atom is 0.234 e. The minimum absolute atomic E-state index is 0.0194. The number of rotatable bonds is 9. The van der Waals surface area contributed by atoms with Crippen LogP contribution in [-0.4, -0.2) is 51.5 Å². The minimum atomic E-state index is -0.0194. The second-order valence-corrected chi connectivity index (χ2v) is 4.02. The molecule has 0 aliphatic carbocycles. The molecule has 16 heavy (non-hydrogen) atoms. The maximum atomic E-state index is 11.4. The van der Waals surface area contributed by atoms with Crippen molar-refractivity contribution in [3.63, 3.8) is 0 Å². The number of carbonyl (C=O) groups is 1. The van der Waals surface area contributed by atoms with Gasteiger partial charge in [0.1, 0.15) is 0 Å². The molecule has 1 unspecified atom stereocenters. The Morgan fingerprint density at radius 2 is 2.00 bits per heavy atom. The Labute approximate surface area is 97.9 Å². The molecule has 0 aromatic rings. The van der Waals surface area contributed by atoms with E-state index in [0.29, 0.717) is 26.3 Å². The summed E-state index contributed by atoms with van der Waals surface area (Å²) >= 11 is 0. The minimum Gasteiger partial charge on any atom is -0.383 e. The Hall–Kier alpha value is -0.650. The van der Waals surface area contributed by atoms with Gasteiger partial charge in [0.25, 0.3) is 0 Å². The molecule has 96 valence electrons. The monoisotopic (exact) mass is 232 g/mol. The normalized spacial score (nSPS) is 12.8. The highest BCUT2D eigenvalue weighted by molar-refractivity contribution is 5.78.